The number of guanidine groups is 1. The molecule has 0 radical (unpaired) electrons. The quantitative estimate of drug-likeness (QED) is 0.367. The monoisotopic (exact) mass is 301 g/mol. The Morgan fingerprint density at radius 2 is 2.14 bits per heavy atom. The summed E-state index contributed by atoms with van der Waals surface area (Å²) in [5, 5.41) is 5.93. The van der Waals surface area contributed by atoms with E-state index in [0.29, 0.717) is 19.0 Å². The molecule has 0 amide bonds. The van der Waals surface area contributed by atoms with E-state index in [0.717, 1.165) is 12.1 Å². The molecule has 2 N–H and O–H groups in total. The van der Waals surface area contributed by atoms with E-state index in [-0.39, 0.29) is 12.4 Å². The van der Waals surface area contributed by atoms with Crippen LogP contribution < -0.4 is 15.4 Å². The zero-order chi connectivity index (χ0) is 15.7. The Morgan fingerprint density at radius 1 is 1.38 bits per heavy atom. The van der Waals surface area contributed by atoms with Crippen molar-refractivity contribution in [2.24, 2.45) is 4.99 Å². The Morgan fingerprint density at radius 3 is 2.76 bits per heavy atom. The molecule has 0 bridgehead atoms. The average molecular weight is 301 g/mol. The predicted octanol–water partition coefficient (Wildman–Crippen LogP) is 2.44. The number of aliphatic imine (C=N–C) groups is 1. The molecular formula is C14H18F3N3O. The van der Waals surface area contributed by atoms with Crippen LogP contribution in [0.4, 0.5) is 13.2 Å². The van der Waals surface area contributed by atoms with Crippen LogP contribution >= 0.6 is 0 Å². The summed E-state index contributed by atoms with van der Waals surface area (Å²) in [5.41, 5.74) is -0.726. The fourth-order valence-corrected chi connectivity index (χ4v) is 1.49. The fourth-order valence-electron chi connectivity index (χ4n) is 1.49. The molecule has 7 heteroatoms. The van der Waals surface area contributed by atoms with E-state index in [4.69, 9.17) is 4.74 Å². The van der Waals surface area contributed by atoms with Crippen LogP contribution in [0.5, 0.6) is 5.75 Å². The van der Waals surface area contributed by atoms with Gasteiger partial charge in [0.15, 0.2) is 5.96 Å². The highest BCUT2D eigenvalue weighted by molar-refractivity contribution is 5.79. The minimum atomic E-state index is -4.37. The summed E-state index contributed by atoms with van der Waals surface area (Å²) in [6, 6.07) is 4.78. The highest BCUT2D eigenvalue weighted by atomic mass is 19.4. The Bertz CT molecular complexity index is 487. The molecule has 0 spiro atoms. The molecule has 0 aliphatic heterocycles. The number of hydrogen-bond acceptors (Lipinski definition) is 2. The molecule has 0 aliphatic rings. The first-order valence-electron chi connectivity index (χ1n) is 6.33. The molecule has 4 nitrogen and oxygen atoms in total. The normalized spacial score (nSPS) is 11.9. The SMILES string of the molecule is C=CCNC(=NC)NCCOc1cccc(C(F)(F)F)c1. The first kappa shape index (κ1) is 16.9. The molecule has 0 unspecified atom stereocenters. The van der Waals surface area contributed by atoms with Crippen LogP contribution in [-0.2, 0) is 6.18 Å². The maximum Gasteiger partial charge on any atom is 0.416 e. The summed E-state index contributed by atoms with van der Waals surface area (Å²) < 4.78 is 42.9. The topological polar surface area (TPSA) is 45.7 Å². The molecule has 0 fully saturated rings. The summed E-state index contributed by atoms with van der Waals surface area (Å²) in [6.07, 6.45) is -2.68. The van der Waals surface area contributed by atoms with Crippen molar-refractivity contribution in [2.45, 2.75) is 6.18 Å². The van der Waals surface area contributed by atoms with Crippen LogP contribution in [0.2, 0.25) is 0 Å². The van der Waals surface area contributed by atoms with E-state index < -0.39 is 11.7 Å². The molecule has 1 aromatic carbocycles. The summed E-state index contributed by atoms with van der Waals surface area (Å²) in [4.78, 5) is 3.96. The zero-order valence-electron chi connectivity index (χ0n) is 11.7. The summed E-state index contributed by atoms with van der Waals surface area (Å²) in [6.45, 7) is 4.76. The first-order chi connectivity index (χ1) is 9.97. The second-order valence-corrected chi connectivity index (χ2v) is 4.04. The van der Waals surface area contributed by atoms with Gasteiger partial charge in [0.1, 0.15) is 12.4 Å². The molecule has 0 heterocycles. The smallest absolute Gasteiger partial charge is 0.416 e. The fraction of sp³-hybridized carbons (Fsp3) is 0.357. The molecule has 21 heavy (non-hydrogen) atoms. The number of benzene rings is 1. The van der Waals surface area contributed by atoms with Crippen LogP contribution in [0.25, 0.3) is 0 Å². The van der Waals surface area contributed by atoms with Crippen molar-refractivity contribution in [3.8, 4) is 5.75 Å². The first-order valence-corrected chi connectivity index (χ1v) is 6.33. The predicted molar refractivity (Wildman–Crippen MR) is 76.5 cm³/mol. The molecule has 116 valence electrons. The Kier molecular flexibility index (Phi) is 6.58. The van der Waals surface area contributed by atoms with E-state index in [1.54, 1.807) is 13.1 Å². The van der Waals surface area contributed by atoms with E-state index >= 15 is 0 Å². The Labute approximate surface area is 121 Å². The lowest BCUT2D eigenvalue weighted by Crippen LogP contribution is -2.39. The summed E-state index contributed by atoms with van der Waals surface area (Å²) in [7, 11) is 1.62. The third-order valence-electron chi connectivity index (χ3n) is 2.46. The van der Waals surface area contributed by atoms with Crippen molar-refractivity contribution in [2.75, 3.05) is 26.7 Å². The van der Waals surface area contributed by atoms with Crippen molar-refractivity contribution in [3.05, 3.63) is 42.5 Å². The van der Waals surface area contributed by atoms with Gasteiger partial charge in [0.2, 0.25) is 0 Å². The largest absolute Gasteiger partial charge is 0.492 e. The number of alkyl halides is 3. The molecule has 1 rings (SSSR count). The third-order valence-corrected chi connectivity index (χ3v) is 2.46. The summed E-state index contributed by atoms with van der Waals surface area (Å²) in [5.74, 6) is 0.753. The molecule has 0 aliphatic carbocycles. The number of hydrogen-bond donors (Lipinski definition) is 2. The average Bonchev–Trinajstić information content (AvgIpc) is 2.46. The van der Waals surface area contributed by atoms with Crippen LogP contribution in [0.3, 0.4) is 0 Å². The minimum absolute atomic E-state index is 0.181. The van der Waals surface area contributed by atoms with E-state index in [9.17, 15) is 13.2 Å². The van der Waals surface area contributed by atoms with E-state index in [1.807, 2.05) is 0 Å². The van der Waals surface area contributed by atoms with Gasteiger partial charge in [-0.05, 0) is 18.2 Å². The van der Waals surface area contributed by atoms with Crippen LogP contribution in [0.1, 0.15) is 5.56 Å². The highest BCUT2D eigenvalue weighted by Crippen LogP contribution is 2.31. The van der Waals surface area contributed by atoms with Gasteiger partial charge in [-0.1, -0.05) is 12.1 Å². The van der Waals surface area contributed by atoms with Gasteiger partial charge < -0.3 is 15.4 Å². The summed E-state index contributed by atoms with van der Waals surface area (Å²) >= 11 is 0. The molecular weight excluding hydrogens is 283 g/mol. The van der Waals surface area contributed by atoms with Gasteiger partial charge in [0, 0.05) is 13.6 Å². The second kappa shape index (κ2) is 8.18. The highest BCUT2D eigenvalue weighted by Gasteiger charge is 2.30. The lowest BCUT2D eigenvalue weighted by atomic mass is 10.2. The van der Waals surface area contributed by atoms with Crippen LogP contribution in [0, 0.1) is 0 Å². The standard InChI is InChI=1S/C14H18F3N3O/c1-3-7-19-13(18-2)20-8-9-21-12-6-4-5-11(10-12)14(15,16)17/h3-6,10H,1,7-9H2,2H3,(H2,18,19,20). The Hall–Kier alpha value is -2.18. The van der Waals surface area contributed by atoms with Gasteiger partial charge in [-0.3, -0.25) is 4.99 Å². The van der Waals surface area contributed by atoms with Gasteiger partial charge in [-0.2, -0.15) is 13.2 Å². The van der Waals surface area contributed by atoms with Crippen molar-refractivity contribution < 1.29 is 17.9 Å². The lowest BCUT2D eigenvalue weighted by Gasteiger charge is -2.12. The van der Waals surface area contributed by atoms with Crippen molar-refractivity contribution in [1.29, 1.82) is 0 Å². The van der Waals surface area contributed by atoms with E-state index in [2.05, 4.69) is 22.2 Å². The molecule has 0 atom stereocenters. The number of ether oxygens (including phenoxy) is 1. The number of nitrogens with zero attached hydrogens (tertiary/aromatic N) is 1. The lowest BCUT2D eigenvalue weighted by molar-refractivity contribution is -0.137. The van der Waals surface area contributed by atoms with Crippen LogP contribution in [-0.4, -0.2) is 32.7 Å². The molecule has 1 aromatic rings. The maximum atomic E-state index is 12.5. The van der Waals surface area contributed by atoms with Crippen molar-refractivity contribution in [1.82, 2.24) is 10.6 Å². The van der Waals surface area contributed by atoms with Gasteiger partial charge in [-0.25, -0.2) is 0 Å². The van der Waals surface area contributed by atoms with Gasteiger partial charge in [0.25, 0.3) is 0 Å². The van der Waals surface area contributed by atoms with Crippen molar-refractivity contribution in [3.63, 3.8) is 0 Å². The van der Waals surface area contributed by atoms with Gasteiger partial charge in [-0.15, -0.1) is 6.58 Å². The number of halogens is 3. The third kappa shape index (κ3) is 6.20. The molecule has 0 saturated heterocycles. The van der Waals surface area contributed by atoms with Gasteiger partial charge in [0.05, 0.1) is 12.1 Å². The number of nitrogens with one attached hydrogen (secondary N) is 2. The maximum absolute atomic E-state index is 12.5. The van der Waals surface area contributed by atoms with Gasteiger partial charge >= 0.3 is 6.18 Å². The second-order valence-electron chi connectivity index (χ2n) is 4.04. The van der Waals surface area contributed by atoms with Crippen LogP contribution in [0.15, 0.2) is 41.9 Å². The van der Waals surface area contributed by atoms with E-state index in [1.165, 1.54) is 12.1 Å². The van der Waals surface area contributed by atoms with Crippen molar-refractivity contribution >= 4 is 5.96 Å². The molecule has 0 saturated carbocycles. The zero-order valence-corrected chi connectivity index (χ0v) is 11.7. The molecule has 0 aromatic heterocycles. The number of rotatable bonds is 6. The minimum Gasteiger partial charge on any atom is -0.492 e. The Balaban J connectivity index is 2.41.